The van der Waals surface area contributed by atoms with E-state index in [2.05, 4.69) is 15.9 Å². The molecule has 0 spiro atoms. The molecular formula is C11H16BrO4P. The van der Waals surface area contributed by atoms with E-state index in [0.717, 1.165) is 4.47 Å². The molecule has 0 aliphatic rings. The summed E-state index contributed by atoms with van der Waals surface area (Å²) >= 11 is 3.34. The lowest BCUT2D eigenvalue weighted by atomic mass is 10.3. The van der Waals surface area contributed by atoms with Crippen LogP contribution in [0.1, 0.15) is 13.8 Å². The summed E-state index contributed by atoms with van der Waals surface area (Å²) in [6, 6.07) is 5.13. The van der Waals surface area contributed by atoms with Gasteiger partial charge in [-0.15, -0.1) is 0 Å². The van der Waals surface area contributed by atoms with Crippen molar-refractivity contribution in [2.24, 2.45) is 0 Å². The Morgan fingerprint density at radius 2 is 1.82 bits per heavy atom. The SMILES string of the molecule is CCOP(=O)(OCC)c1ccc(Br)c(OC)c1. The van der Waals surface area contributed by atoms with Crippen LogP contribution in [0, 0.1) is 0 Å². The predicted octanol–water partition coefficient (Wildman–Crippen LogP) is 3.35. The number of halogens is 1. The quantitative estimate of drug-likeness (QED) is 0.753. The van der Waals surface area contributed by atoms with E-state index in [0.29, 0.717) is 24.3 Å². The number of ether oxygens (including phenoxy) is 1. The molecule has 0 aliphatic carbocycles. The highest BCUT2D eigenvalue weighted by Crippen LogP contribution is 2.47. The first kappa shape index (κ1) is 14.7. The number of hydrogen-bond acceptors (Lipinski definition) is 4. The smallest absolute Gasteiger partial charge is 0.361 e. The molecular weight excluding hydrogens is 307 g/mol. The van der Waals surface area contributed by atoms with Gasteiger partial charge in [-0.1, -0.05) is 0 Å². The minimum absolute atomic E-state index is 0.329. The van der Waals surface area contributed by atoms with Gasteiger partial charge in [-0.2, -0.15) is 0 Å². The van der Waals surface area contributed by atoms with E-state index in [4.69, 9.17) is 13.8 Å². The average molecular weight is 323 g/mol. The molecule has 1 aromatic rings. The van der Waals surface area contributed by atoms with Gasteiger partial charge in [0.25, 0.3) is 0 Å². The summed E-state index contributed by atoms with van der Waals surface area (Å²) in [7, 11) is -1.68. The van der Waals surface area contributed by atoms with Crippen LogP contribution in [0.2, 0.25) is 0 Å². The highest BCUT2D eigenvalue weighted by molar-refractivity contribution is 9.10. The van der Waals surface area contributed by atoms with E-state index in [-0.39, 0.29) is 0 Å². The molecule has 0 radical (unpaired) electrons. The van der Waals surface area contributed by atoms with Crippen molar-refractivity contribution in [3.63, 3.8) is 0 Å². The van der Waals surface area contributed by atoms with Crippen LogP contribution in [0.4, 0.5) is 0 Å². The third-order valence-corrected chi connectivity index (χ3v) is 4.81. The molecule has 96 valence electrons. The Morgan fingerprint density at radius 1 is 1.24 bits per heavy atom. The second-order valence-electron chi connectivity index (χ2n) is 3.15. The number of rotatable bonds is 6. The van der Waals surface area contributed by atoms with Gasteiger partial charge in [-0.25, -0.2) is 0 Å². The Hall–Kier alpha value is -0.350. The molecule has 0 heterocycles. The van der Waals surface area contributed by atoms with Crippen molar-refractivity contribution in [3.05, 3.63) is 22.7 Å². The van der Waals surface area contributed by atoms with Crippen molar-refractivity contribution in [2.45, 2.75) is 13.8 Å². The van der Waals surface area contributed by atoms with Crippen LogP contribution in [-0.2, 0) is 13.6 Å². The maximum atomic E-state index is 12.5. The standard InChI is InChI=1S/C11H16BrO4P/c1-4-15-17(13,16-5-2)9-6-7-10(12)11(8-9)14-3/h6-8H,4-5H2,1-3H3. The van der Waals surface area contributed by atoms with E-state index < -0.39 is 7.60 Å². The molecule has 4 nitrogen and oxygen atoms in total. The second-order valence-corrected chi connectivity index (χ2v) is 6.03. The minimum atomic E-state index is -3.23. The summed E-state index contributed by atoms with van der Waals surface area (Å²) in [6.45, 7) is 4.22. The summed E-state index contributed by atoms with van der Waals surface area (Å²) in [5.74, 6) is 0.599. The van der Waals surface area contributed by atoms with E-state index in [1.165, 1.54) is 0 Å². The van der Waals surface area contributed by atoms with Crippen molar-refractivity contribution in [1.29, 1.82) is 0 Å². The zero-order valence-corrected chi connectivity index (χ0v) is 12.6. The molecule has 0 fully saturated rings. The lowest BCUT2D eigenvalue weighted by Crippen LogP contribution is -2.11. The fourth-order valence-electron chi connectivity index (χ4n) is 1.35. The van der Waals surface area contributed by atoms with E-state index in [1.807, 2.05) is 0 Å². The molecule has 0 amide bonds. The van der Waals surface area contributed by atoms with Crippen LogP contribution in [0.25, 0.3) is 0 Å². The van der Waals surface area contributed by atoms with Gasteiger partial charge >= 0.3 is 7.60 Å². The van der Waals surface area contributed by atoms with Crippen molar-refractivity contribution in [3.8, 4) is 5.75 Å². The predicted molar refractivity (Wildman–Crippen MR) is 71.2 cm³/mol. The summed E-state index contributed by atoms with van der Waals surface area (Å²) < 4.78 is 28.9. The van der Waals surface area contributed by atoms with Crippen molar-refractivity contribution in [1.82, 2.24) is 0 Å². The fourth-order valence-corrected chi connectivity index (χ4v) is 3.34. The molecule has 0 saturated heterocycles. The molecule has 0 saturated carbocycles. The molecule has 0 N–H and O–H groups in total. The summed E-state index contributed by atoms with van der Waals surface area (Å²) in [5.41, 5.74) is 0. The third kappa shape index (κ3) is 3.55. The van der Waals surface area contributed by atoms with Crippen molar-refractivity contribution in [2.75, 3.05) is 20.3 Å². The van der Waals surface area contributed by atoms with Crippen molar-refractivity contribution < 1.29 is 18.3 Å². The van der Waals surface area contributed by atoms with Crippen LogP contribution >= 0.6 is 23.5 Å². The van der Waals surface area contributed by atoms with Gasteiger partial charge < -0.3 is 13.8 Å². The van der Waals surface area contributed by atoms with Crippen LogP contribution in [0.3, 0.4) is 0 Å². The van der Waals surface area contributed by atoms with Crippen molar-refractivity contribution >= 4 is 28.8 Å². The van der Waals surface area contributed by atoms with Gasteiger partial charge in [-0.3, -0.25) is 4.57 Å². The normalized spacial score (nSPS) is 11.5. The van der Waals surface area contributed by atoms with Crippen LogP contribution < -0.4 is 10.0 Å². The van der Waals surface area contributed by atoms with E-state index in [9.17, 15) is 4.57 Å². The summed E-state index contributed by atoms with van der Waals surface area (Å²) in [6.07, 6.45) is 0. The monoisotopic (exact) mass is 322 g/mol. The minimum Gasteiger partial charge on any atom is -0.496 e. The first-order valence-corrected chi connectivity index (χ1v) is 7.64. The first-order chi connectivity index (χ1) is 8.07. The van der Waals surface area contributed by atoms with Gasteiger partial charge in [0.1, 0.15) is 5.75 Å². The summed E-state index contributed by atoms with van der Waals surface area (Å²) in [5, 5.41) is 0.501. The van der Waals surface area contributed by atoms with Gasteiger partial charge in [-0.05, 0) is 48.0 Å². The molecule has 1 aromatic carbocycles. The van der Waals surface area contributed by atoms with Gasteiger partial charge in [0.2, 0.25) is 0 Å². The number of methoxy groups -OCH3 is 1. The molecule has 0 aromatic heterocycles. The molecule has 1 rings (SSSR count). The van der Waals surface area contributed by atoms with Crippen LogP contribution in [0.15, 0.2) is 22.7 Å². The molecule has 0 unspecified atom stereocenters. The Balaban J connectivity index is 3.14. The highest BCUT2D eigenvalue weighted by atomic mass is 79.9. The lowest BCUT2D eigenvalue weighted by Gasteiger charge is -2.17. The third-order valence-electron chi connectivity index (χ3n) is 2.05. The number of benzene rings is 1. The average Bonchev–Trinajstić information content (AvgIpc) is 2.30. The highest BCUT2D eigenvalue weighted by Gasteiger charge is 2.27. The Kier molecular flexibility index (Phi) is 5.67. The second kappa shape index (κ2) is 6.55. The molecule has 6 heteroatoms. The van der Waals surface area contributed by atoms with E-state index in [1.54, 1.807) is 39.2 Å². The Morgan fingerprint density at radius 3 is 2.29 bits per heavy atom. The largest absolute Gasteiger partial charge is 0.496 e. The number of hydrogen-bond donors (Lipinski definition) is 0. The van der Waals surface area contributed by atoms with Crippen LogP contribution in [0.5, 0.6) is 5.75 Å². The molecule has 17 heavy (non-hydrogen) atoms. The zero-order chi connectivity index (χ0) is 12.9. The van der Waals surface area contributed by atoms with Crippen LogP contribution in [-0.4, -0.2) is 20.3 Å². The first-order valence-electron chi connectivity index (χ1n) is 5.30. The Bertz CT molecular complexity index is 412. The maximum absolute atomic E-state index is 12.5. The van der Waals surface area contributed by atoms with Gasteiger partial charge in [0.05, 0.1) is 30.1 Å². The van der Waals surface area contributed by atoms with E-state index >= 15 is 0 Å². The maximum Gasteiger partial charge on any atom is 0.361 e. The summed E-state index contributed by atoms with van der Waals surface area (Å²) in [4.78, 5) is 0. The zero-order valence-electron chi connectivity index (χ0n) is 10.1. The topological polar surface area (TPSA) is 44.8 Å². The molecule has 0 aliphatic heterocycles. The van der Waals surface area contributed by atoms with Gasteiger partial charge in [0.15, 0.2) is 0 Å². The lowest BCUT2D eigenvalue weighted by molar-refractivity contribution is 0.230. The fraction of sp³-hybridized carbons (Fsp3) is 0.455. The molecule has 0 bridgehead atoms. The Labute approximate surface area is 110 Å². The van der Waals surface area contributed by atoms with Gasteiger partial charge in [0, 0.05) is 0 Å². The molecule has 0 atom stereocenters.